The highest BCUT2D eigenvalue weighted by Crippen LogP contribution is 2.33. The second-order valence-corrected chi connectivity index (χ2v) is 7.33. The van der Waals surface area contributed by atoms with Crippen LogP contribution < -0.4 is 5.32 Å². The minimum absolute atomic E-state index is 0.290. The molecule has 32 heavy (non-hydrogen) atoms. The monoisotopic (exact) mass is 419 g/mol. The van der Waals surface area contributed by atoms with E-state index in [0.717, 1.165) is 38.7 Å². The average Bonchev–Trinajstić information content (AvgIpc) is 3.44. The minimum atomic E-state index is -0.290. The van der Waals surface area contributed by atoms with E-state index in [0.29, 0.717) is 11.3 Å². The molecular formula is C24H17N7O. The molecule has 0 aliphatic carbocycles. The van der Waals surface area contributed by atoms with E-state index < -0.39 is 0 Å². The van der Waals surface area contributed by atoms with E-state index in [9.17, 15) is 10.1 Å². The van der Waals surface area contributed by atoms with Gasteiger partial charge in [-0.3, -0.25) is 14.5 Å². The van der Waals surface area contributed by atoms with E-state index in [1.54, 1.807) is 27.8 Å². The van der Waals surface area contributed by atoms with Crippen molar-refractivity contribution < 1.29 is 4.79 Å². The van der Waals surface area contributed by atoms with Gasteiger partial charge in [-0.05, 0) is 29.8 Å². The average molecular weight is 419 g/mol. The molecule has 0 unspecified atom stereocenters. The summed E-state index contributed by atoms with van der Waals surface area (Å²) in [7, 11) is 1.87. The fourth-order valence-corrected chi connectivity index (χ4v) is 3.70. The number of carbonyl (C=O) groups excluding carboxylic acids is 1. The third-order valence-corrected chi connectivity index (χ3v) is 5.22. The number of nitrogens with zero attached hydrogens (tertiary/aromatic N) is 6. The van der Waals surface area contributed by atoms with Gasteiger partial charge < -0.3 is 5.32 Å². The van der Waals surface area contributed by atoms with Crippen molar-refractivity contribution in [2.75, 3.05) is 5.32 Å². The largest absolute Gasteiger partial charge is 0.321 e. The maximum Gasteiger partial charge on any atom is 0.247 e. The predicted molar refractivity (Wildman–Crippen MR) is 122 cm³/mol. The minimum Gasteiger partial charge on any atom is -0.321 e. The van der Waals surface area contributed by atoms with E-state index in [1.807, 2.05) is 49.8 Å². The number of anilines is 1. The van der Waals surface area contributed by atoms with Crippen LogP contribution in [0.1, 0.15) is 5.56 Å². The van der Waals surface area contributed by atoms with Crippen LogP contribution in [0, 0.1) is 11.3 Å². The van der Waals surface area contributed by atoms with E-state index in [1.165, 1.54) is 6.08 Å². The topological polar surface area (TPSA) is 101 Å². The third kappa shape index (κ3) is 3.28. The second kappa shape index (κ2) is 7.49. The van der Waals surface area contributed by atoms with Crippen LogP contribution in [0.15, 0.2) is 74.0 Å². The number of hydrogen-bond donors (Lipinski definition) is 1. The number of aromatic nitrogens is 5. The summed E-state index contributed by atoms with van der Waals surface area (Å²) in [5, 5.41) is 21.8. The van der Waals surface area contributed by atoms with Gasteiger partial charge in [-0.1, -0.05) is 18.7 Å². The van der Waals surface area contributed by atoms with Crippen LogP contribution in [0.2, 0.25) is 0 Å². The normalized spacial score (nSPS) is 10.9. The zero-order valence-corrected chi connectivity index (χ0v) is 17.1. The molecule has 0 saturated heterocycles. The molecule has 8 nitrogen and oxygen atoms in total. The van der Waals surface area contributed by atoms with Gasteiger partial charge in [0.1, 0.15) is 6.07 Å². The van der Waals surface area contributed by atoms with Crippen molar-refractivity contribution in [1.82, 2.24) is 24.4 Å². The first-order valence-corrected chi connectivity index (χ1v) is 9.80. The van der Waals surface area contributed by atoms with Gasteiger partial charge in [-0.2, -0.15) is 15.5 Å². The highest BCUT2D eigenvalue weighted by atomic mass is 16.1. The van der Waals surface area contributed by atoms with Gasteiger partial charge in [0.25, 0.3) is 0 Å². The first-order chi connectivity index (χ1) is 15.6. The van der Waals surface area contributed by atoms with Crippen LogP contribution in [-0.2, 0) is 11.8 Å². The molecule has 0 fully saturated rings. The molecule has 0 atom stereocenters. The van der Waals surface area contributed by atoms with Crippen molar-refractivity contribution in [3.8, 4) is 28.3 Å². The number of nitriles is 1. The molecule has 4 heterocycles. The third-order valence-electron chi connectivity index (χ3n) is 5.22. The predicted octanol–water partition coefficient (Wildman–Crippen LogP) is 3.95. The molecule has 8 heteroatoms. The lowest BCUT2D eigenvalue weighted by Gasteiger charge is -2.10. The SMILES string of the molecule is C=CC(=O)Nc1cnc2cc(-c3cc(-c4cnn(C)c4)cn4ncc(C#N)c34)ccc2c1. The van der Waals surface area contributed by atoms with Gasteiger partial charge in [-0.15, -0.1) is 0 Å². The number of hydrogen-bond acceptors (Lipinski definition) is 5. The molecule has 0 spiro atoms. The van der Waals surface area contributed by atoms with Crippen LogP contribution in [0.25, 0.3) is 38.7 Å². The smallest absolute Gasteiger partial charge is 0.247 e. The molecule has 5 rings (SSSR count). The van der Waals surface area contributed by atoms with Crippen molar-refractivity contribution >= 4 is 28.0 Å². The zero-order valence-electron chi connectivity index (χ0n) is 17.1. The molecule has 0 aliphatic rings. The lowest BCUT2D eigenvalue weighted by Crippen LogP contribution is -2.07. The van der Waals surface area contributed by atoms with Gasteiger partial charge in [-0.25, -0.2) is 4.52 Å². The maximum atomic E-state index is 11.6. The Morgan fingerprint density at radius 1 is 1.09 bits per heavy atom. The molecule has 5 aromatic rings. The summed E-state index contributed by atoms with van der Waals surface area (Å²) in [6.45, 7) is 3.46. The quantitative estimate of drug-likeness (QED) is 0.445. The van der Waals surface area contributed by atoms with E-state index in [4.69, 9.17) is 0 Å². The number of nitrogens with one attached hydrogen (secondary N) is 1. The summed E-state index contributed by atoms with van der Waals surface area (Å²) in [5.74, 6) is -0.290. The lowest BCUT2D eigenvalue weighted by molar-refractivity contribution is -0.111. The van der Waals surface area contributed by atoms with Crippen LogP contribution in [0.4, 0.5) is 5.69 Å². The van der Waals surface area contributed by atoms with Gasteiger partial charge in [0.05, 0.1) is 40.9 Å². The Bertz CT molecular complexity index is 1570. The molecule has 4 aromatic heterocycles. The Morgan fingerprint density at radius 2 is 1.97 bits per heavy atom. The molecule has 1 aromatic carbocycles. The Kier molecular flexibility index (Phi) is 4.49. The van der Waals surface area contributed by atoms with Crippen LogP contribution >= 0.6 is 0 Å². The van der Waals surface area contributed by atoms with Gasteiger partial charge in [0, 0.05) is 41.5 Å². The molecule has 0 radical (unpaired) electrons. The van der Waals surface area contributed by atoms with Crippen LogP contribution in [0.3, 0.4) is 0 Å². The molecule has 1 N–H and O–H groups in total. The summed E-state index contributed by atoms with van der Waals surface area (Å²) in [4.78, 5) is 16.1. The maximum absolute atomic E-state index is 11.6. The Balaban J connectivity index is 1.68. The second-order valence-electron chi connectivity index (χ2n) is 7.33. The number of aryl methyl sites for hydroxylation is 1. The van der Waals surface area contributed by atoms with Gasteiger partial charge >= 0.3 is 0 Å². The fraction of sp³-hybridized carbons (Fsp3) is 0.0417. The fourth-order valence-electron chi connectivity index (χ4n) is 3.70. The number of carbonyl (C=O) groups is 1. The van der Waals surface area contributed by atoms with Crippen molar-refractivity contribution in [1.29, 1.82) is 5.26 Å². The zero-order chi connectivity index (χ0) is 22.2. The Morgan fingerprint density at radius 3 is 2.72 bits per heavy atom. The van der Waals surface area contributed by atoms with Crippen molar-refractivity contribution in [2.24, 2.45) is 7.05 Å². The Labute approximate surface area is 183 Å². The molecule has 0 bridgehead atoms. The molecule has 1 amide bonds. The van der Waals surface area contributed by atoms with Crippen molar-refractivity contribution in [2.45, 2.75) is 0 Å². The highest BCUT2D eigenvalue weighted by Gasteiger charge is 2.15. The summed E-state index contributed by atoms with van der Waals surface area (Å²) in [6.07, 6.45) is 10.0. The number of rotatable bonds is 4. The lowest BCUT2D eigenvalue weighted by atomic mass is 9.99. The Hall–Kier alpha value is -4.77. The first-order valence-electron chi connectivity index (χ1n) is 9.80. The van der Waals surface area contributed by atoms with E-state index in [-0.39, 0.29) is 5.91 Å². The van der Waals surface area contributed by atoms with Crippen molar-refractivity contribution in [3.05, 3.63) is 79.5 Å². The highest BCUT2D eigenvalue weighted by molar-refractivity contribution is 6.00. The van der Waals surface area contributed by atoms with E-state index in [2.05, 4.69) is 33.1 Å². The summed E-state index contributed by atoms with van der Waals surface area (Å²) >= 11 is 0. The number of benzene rings is 1. The molecule has 0 saturated carbocycles. The van der Waals surface area contributed by atoms with Crippen molar-refractivity contribution in [3.63, 3.8) is 0 Å². The number of fused-ring (bicyclic) bond motifs is 2. The molecular weight excluding hydrogens is 402 g/mol. The molecule has 0 aliphatic heterocycles. The van der Waals surface area contributed by atoms with E-state index >= 15 is 0 Å². The standard InChI is InChI=1S/C24H17N7O/c1-3-23(32)29-20-6-16-5-4-15(8-22(16)26-12-20)21-7-17(19-11-27-30(2)13-19)14-31-24(21)18(9-25)10-28-31/h3-8,10-14H,1H2,2H3,(H,29,32). The van der Waals surface area contributed by atoms with Crippen LogP contribution in [-0.4, -0.2) is 30.3 Å². The van der Waals surface area contributed by atoms with Crippen LogP contribution in [0.5, 0.6) is 0 Å². The van der Waals surface area contributed by atoms with Gasteiger partial charge in [0.2, 0.25) is 5.91 Å². The molecule has 154 valence electrons. The summed E-state index contributed by atoms with van der Waals surface area (Å²) in [5.41, 5.74) is 6.24. The first kappa shape index (κ1) is 19.2. The number of pyridine rings is 2. The number of amides is 1. The summed E-state index contributed by atoms with van der Waals surface area (Å²) in [6, 6.07) is 12.0. The van der Waals surface area contributed by atoms with Gasteiger partial charge in [0.15, 0.2) is 0 Å². The summed E-state index contributed by atoms with van der Waals surface area (Å²) < 4.78 is 3.47.